The monoisotopic (exact) mass is 498 g/mol. The van der Waals surface area contributed by atoms with Crippen LogP contribution in [0, 0.1) is 0 Å². The lowest BCUT2D eigenvalue weighted by Gasteiger charge is -2.18. The standard InChI is InChI=1S/C30H26O7/c31-19-23(21-11-3-1-4-12-21)29(33)36-27-17-9-7-15-25(27)35-26-16-8-10-18-28(26)37-30(34)24(20-32)22-13-5-2-6-14-22/h1-18,23-24,31-32H,19-20H2. The molecule has 2 N–H and O–H groups in total. The highest BCUT2D eigenvalue weighted by Gasteiger charge is 2.25. The van der Waals surface area contributed by atoms with E-state index < -0.39 is 37.0 Å². The number of carbonyl (C=O) groups is 2. The molecule has 0 radical (unpaired) electrons. The molecule has 0 amide bonds. The Morgan fingerprint density at radius 2 is 0.838 bits per heavy atom. The fourth-order valence-electron chi connectivity index (χ4n) is 3.72. The molecule has 2 unspecified atom stereocenters. The third-order valence-corrected chi connectivity index (χ3v) is 5.68. The van der Waals surface area contributed by atoms with Crippen molar-refractivity contribution in [1.29, 1.82) is 0 Å². The normalized spacial score (nSPS) is 12.3. The zero-order valence-electron chi connectivity index (χ0n) is 19.9. The first-order valence-electron chi connectivity index (χ1n) is 11.7. The van der Waals surface area contributed by atoms with Crippen molar-refractivity contribution < 1.29 is 34.0 Å². The summed E-state index contributed by atoms with van der Waals surface area (Å²) in [7, 11) is 0. The van der Waals surface area contributed by atoms with Crippen LogP contribution in [-0.4, -0.2) is 35.4 Å². The Labute approximate surface area is 214 Å². The number of aliphatic hydroxyl groups is 2. The number of esters is 2. The molecule has 0 fully saturated rings. The molecule has 37 heavy (non-hydrogen) atoms. The molecule has 0 aliphatic rings. The van der Waals surface area contributed by atoms with Crippen LogP contribution in [0.3, 0.4) is 0 Å². The molecule has 188 valence electrons. The molecule has 0 aromatic heterocycles. The van der Waals surface area contributed by atoms with E-state index in [1.807, 2.05) is 12.1 Å². The second-order valence-corrected chi connectivity index (χ2v) is 8.13. The van der Waals surface area contributed by atoms with E-state index >= 15 is 0 Å². The van der Waals surface area contributed by atoms with Gasteiger partial charge in [0.15, 0.2) is 23.0 Å². The topological polar surface area (TPSA) is 102 Å². The van der Waals surface area contributed by atoms with Gasteiger partial charge in [-0.15, -0.1) is 0 Å². The average Bonchev–Trinajstić information content (AvgIpc) is 2.93. The van der Waals surface area contributed by atoms with Gasteiger partial charge in [-0.25, -0.2) is 0 Å². The number of hydrogen-bond donors (Lipinski definition) is 2. The summed E-state index contributed by atoms with van der Waals surface area (Å²) >= 11 is 0. The summed E-state index contributed by atoms with van der Waals surface area (Å²) in [6, 6.07) is 30.8. The second-order valence-electron chi connectivity index (χ2n) is 8.13. The fourth-order valence-corrected chi connectivity index (χ4v) is 3.72. The predicted molar refractivity (Wildman–Crippen MR) is 137 cm³/mol. The SMILES string of the molecule is O=C(Oc1ccccc1Oc1ccccc1OC(=O)C(CO)c1ccccc1)C(CO)c1ccccc1. The van der Waals surface area contributed by atoms with Crippen LogP contribution in [0.5, 0.6) is 23.0 Å². The van der Waals surface area contributed by atoms with Crippen molar-refractivity contribution in [3.63, 3.8) is 0 Å². The summed E-state index contributed by atoms with van der Waals surface area (Å²) in [5, 5.41) is 19.6. The smallest absolute Gasteiger partial charge is 0.321 e. The maximum absolute atomic E-state index is 12.9. The Morgan fingerprint density at radius 3 is 1.19 bits per heavy atom. The highest BCUT2D eigenvalue weighted by atomic mass is 16.6. The Bertz CT molecular complexity index is 1220. The van der Waals surface area contributed by atoms with Crippen LogP contribution in [-0.2, 0) is 9.59 Å². The second kappa shape index (κ2) is 12.5. The third kappa shape index (κ3) is 6.41. The maximum Gasteiger partial charge on any atom is 0.321 e. The van der Waals surface area contributed by atoms with Gasteiger partial charge in [0.1, 0.15) is 11.8 Å². The van der Waals surface area contributed by atoms with Gasteiger partial charge in [0, 0.05) is 0 Å². The summed E-state index contributed by atoms with van der Waals surface area (Å²) in [6.07, 6.45) is 0. The molecule has 7 nitrogen and oxygen atoms in total. The lowest BCUT2D eigenvalue weighted by molar-refractivity contribution is -0.138. The molecular formula is C30H26O7. The van der Waals surface area contributed by atoms with Crippen molar-refractivity contribution >= 4 is 11.9 Å². The zero-order chi connectivity index (χ0) is 26.0. The predicted octanol–water partition coefficient (Wildman–Crippen LogP) is 4.84. The highest BCUT2D eigenvalue weighted by molar-refractivity contribution is 5.82. The summed E-state index contributed by atoms with van der Waals surface area (Å²) in [4.78, 5) is 25.7. The van der Waals surface area contributed by atoms with Crippen molar-refractivity contribution in [3.8, 4) is 23.0 Å². The number of aliphatic hydroxyl groups excluding tert-OH is 2. The molecule has 0 aliphatic heterocycles. The van der Waals surface area contributed by atoms with E-state index in [-0.39, 0.29) is 23.0 Å². The van der Waals surface area contributed by atoms with Crippen LogP contribution in [0.15, 0.2) is 109 Å². The number of carbonyl (C=O) groups excluding carboxylic acids is 2. The molecule has 4 aromatic rings. The van der Waals surface area contributed by atoms with E-state index in [1.54, 1.807) is 97.1 Å². The van der Waals surface area contributed by atoms with Crippen LogP contribution < -0.4 is 14.2 Å². The summed E-state index contributed by atoms with van der Waals surface area (Å²) < 4.78 is 17.2. The molecular weight excluding hydrogens is 472 g/mol. The van der Waals surface area contributed by atoms with Crippen LogP contribution in [0.2, 0.25) is 0 Å². The Balaban J connectivity index is 1.53. The Morgan fingerprint density at radius 1 is 0.514 bits per heavy atom. The van der Waals surface area contributed by atoms with Crippen molar-refractivity contribution in [3.05, 3.63) is 120 Å². The van der Waals surface area contributed by atoms with Crippen LogP contribution >= 0.6 is 0 Å². The molecule has 0 saturated heterocycles. The lowest BCUT2D eigenvalue weighted by Crippen LogP contribution is -2.22. The van der Waals surface area contributed by atoms with Gasteiger partial charge in [-0.2, -0.15) is 0 Å². The molecule has 4 rings (SSSR count). The number of ether oxygens (including phenoxy) is 3. The van der Waals surface area contributed by atoms with Gasteiger partial charge in [0.05, 0.1) is 13.2 Å². The van der Waals surface area contributed by atoms with Gasteiger partial charge in [-0.1, -0.05) is 84.9 Å². The van der Waals surface area contributed by atoms with E-state index in [9.17, 15) is 19.8 Å². The summed E-state index contributed by atoms with van der Waals surface area (Å²) in [5.41, 5.74) is 1.25. The zero-order valence-corrected chi connectivity index (χ0v) is 19.9. The Kier molecular flexibility index (Phi) is 8.65. The summed E-state index contributed by atoms with van der Waals surface area (Å²) in [6.45, 7) is -0.837. The van der Waals surface area contributed by atoms with E-state index in [0.29, 0.717) is 11.1 Å². The van der Waals surface area contributed by atoms with Gasteiger partial charge in [-0.05, 0) is 35.4 Å². The van der Waals surface area contributed by atoms with Gasteiger partial charge in [0.2, 0.25) is 0 Å². The molecule has 4 aromatic carbocycles. The number of rotatable bonds is 10. The maximum atomic E-state index is 12.9. The highest BCUT2D eigenvalue weighted by Crippen LogP contribution is 2.37. The van der Waals surface area contributed by atoms with E-state index in [1.165, 1.54) is 0 Å². The van der Waals surface area contributed by atoms with Crippen molar-refractivity contribution in [2.24, 2.45) is 0 Å². The van der Waals surface area contributed by atoms with E-state index in [0.717, 1.165) is 0 Å². The van der Waals surface area contributed by atoms with Gasteiger partial charge >= 0.3 is 11.9 Å². The molecule has 0 spiro atoms. The first-order valence-corrected chi connectivity index (χ1v) is 11.7. The van der Waals surface area contributed by atoms with Crippen LogP contribution in [0.1, 0.15) is 23.0 Å². The van der Waals surface area contributed by atoms with Crippen LogP contribution in [0.25, 0.3) is 0 Å². The number of para-hydroxylation sites is 4. The van der Waals surface area contributed by atoms with Gasteiger partial charge in [-0.3, -0.25) is 9.59 Å². The molecule has 7 heteroatoms. The van der Waals surface area contributed by atoms with E-state index in [4.69, 9.17) is 14.2 Å². The van der Waals surface area contributed by atoms with Gasteiger partial charge < -0.3 is 24.4 Å². The summed E-state index contributed by atoms with van der Waals surface area (Å²) in [5.74, 6) is -2.30. The lowest BCUT2D eigenvalue weighted by atomic mass is 10.0. The molecule has 0 aliphatic carbocycles. The molecule has 0 bridgehead atoms. The van der Waals surface area contributed by atoms with E-state index in [2.05, 4.69) is 0 Å². The minimum Gasteiger partial charge on any atom is -0.450 e. The molecule has 2 atom stereocenters. The first kappa shape index (κ1) is 25.6. The first-order chi connectivity index (χ1) is 18.1. The minimum absolute atomic E-state index is 0.139. The largest absolute Gasteiger partial charge is 0.450 e. The van der Waals surface area contributed by atoms with Gasteiger partial charge in [0.25, 0.3) is 0 Å². The van der Waals surface area contributed by atoms with Crippen molar-refractivity contribution in [2.45, 2.75) is 11.8 Å². The third-order valence-electron chi connectivity index (χ3n) is 5.68. The molecule has 0 heterocycles. The fraction of sp³-hybridized carbons (Fsp3) is 0.133. The quantitative estimate of drug-likeness (QED) is 0.238. The molecule has 0 saturated carbocycles. The van der Waals surface area contributed by atoms with Crippen LogP contribution in [0.4, 0.5) is 0 Å². The Hall–Kier alpha value is -4.46. The number of hydrogen-bond acceptors (Lipinski definition) is 7. The minimum atomic E-state index is -0.865. The number of benzene rings is 4. The van der Waals surface area contributed by atoms with Crippen molar-refractivity contribution in [2.75, 3.05) is 13.2 Å². The van der Waals surface area contributed by atoms with Crippen molar-refractivity contribution in [1.82, 2.24) is 0 Å². The average molecular weight is 499 g/mol.